The Bertz CT molecular complexity index is 1050. The van der Waals surface area contributed by atoms with Crippen LogP contribution in [-0.2, 0) is 0 Å². The van der Waals surface area contributed by atoms with Gasteiger partial charge in [-0.2, -0.15) is 9.78 Å². The lowest BCUT2D eigenvalue weighted by molar-refractivity contribution is 0.0949. The topological polar surface area (TPSA) is 156 Å². The monoisotopic (exact) mass is 370 g/mol. The molecular weight excluding hydrogens is 356 g/mol. The third-order valence-electron chi connectivity index (χ3n) is 3.92. The van der Waals surface area contributed by atoms with Gasteiger partial charge in [0.05, 0.1) is 11.4 Å². The summed E-state index contributed by atoms with van der Waals surface area (Å²) in [6.07, 6.45) is 0. The van der Waals surface area contributed by atoms with Gasteiger partial charge < -0.3 is 15.2 Å². The SMILES string of the molecule is CC(=NNC(=O)c1nnn(-c2nonc2N)c1C)c1ccc2c(c1)OCO2. The maximum atomic E-state index is 12.4. The van der Waals surface area contributed by atoms with Gasteiger partial charge in [0.15, 0.2) is 17.2 Å². The van der Waals surface area contributed by atoms with E-state index in [1.54, 1.807) is 26.0 Å². The van der Waals surface area contributed by atoms with Gasteiger partial charge in [-0.15, -0.1) is 5.10 Å². The first kappa shape index (κ1) is 16.5. The largest absolute Gasteiger partial charge is 0.454 e. The summed E-state index contributed by atoms with van der Waals surface area (Å²) in [5.41, 5.74) is 9.92. The van der Waals surface area contributed by atoms with Gasteiger partial charge in [0.25, 0.3) is 5.91 Å². The maximum Gasteiger partial charge on any atom is 0.293 e. The molecule has 0 fully saturated rings. The second kappa shape index (κ2) is 6.40. The van der Waals surface area contributed by atoms with Crippen LogP contribution in [0.5, 0.6) is 11.5 Å². The third-order valence-corrected chi connectivity index (χ3v) is 3.92. The van der Waals surface area contributed by atoms with Gasteiger partial charge in [0.2, 0.25) is 18.4 Å². The van der Waals surface area contributed by atoms with Crippen molar-refractivity contribution in [2.75, 3.05) is 12.5 Å². The zero-order chi connectivity index (χ0) is 19.0. The van der Waals surface area contributed by atoms with Crippen molar-refractivity contribution in [2.24, 2.45) is 5.10 Å². The minimum absolute atomic E-state index is 0.0339. The van der Waals surface area contributed by atoms with E-state index >= 15 is 0 Å². The van der Waals surface area contributed by atoms with Gasteiger partial charge >= 0.3 is 0 Å². The zero-order valence-electron chi connectivity index (χ0n) is 14.3. The number of nitrogen functional groups attached to an aromatic ring is 1. The molecule has 3 heterocycles. The number of nitrogens with two attached hydrogens (primary N) is 1. The van der Waals surface area contributed by atoms with Crippen molar-refractivity contribution >= 4 is 17.4 Å². The van der Waals surface area contributed by atoms with E-state index in [2.05, 4.69) is 35.8 Å². The molecule has 1 aliphatic heterocycles. The number of anilines is 1. The van der Waals surface area contributed by atoms with Gasteiger partial charge in [-0.1, -0.05) is 5.21 Å². The summed E-state index contributed by atoms with van der Waals surface area (Å²) in [4.78, 5) is 12.4. The van der Waals surface area contributed by atoms with Crippen LogP contribution in [0, 0.1) is 6.92 Å². The molecule has 1 aliphatic rings. The molecule has 0 radical (unpaired) electrons. The highest BCUT2D eigenvalue weighted by atomic mass is 16.7. The first-order valence-electron chi connectivity index (χ1n) is 7.80. The van der Waals surface area contributed by atoms with E-state index in [9.17, 15) is 4.79 Å². The van der Waals surface area contributed by atoms with Crippen LogP contribution in [0.15, 0.2) is 27.9 Å². The lowest BCUT2D eigenvalue weighted by Crippen LogP contribution is -2.21. The molecule has 0 atom stereocenters. The molecule has 2 aromatic heterocycles. The van der Waals surface area contributed by atoms with E-state index in [-0.39, 0.29) is 24.1 Å². The number of nitrogens with zero attached hydrogens (tertiary/aromatic N) is 6. The number of carbonyl (C=O) groups excluding carboxylic acids is 1. The van der Waals surface area contributed by atoms with Crippen LogP contribution >= 0.6 is 0 Å². The normalized spacial score (nSPS) is 13.0. The second-order valence-electron chi connectivity index (χ2n) is 5.61. The molecule has 0 saturated carbocycles. The summed E-state index contributed by atoms with van der Waals surface area (Å²) in [5.74, 6) is 0.954. The number of fused-ring (bicyclic) bond motifs is 1. The van der Waals surface area contributed by atoms with Crippen LogP contribution in [0.4, 0.5) is 5.82 Å². The third kappa shape index (κ3) is 2.92. The van der Waals surface area contributed by atoms with Crippen molar-refractivity contribution in [1.29, 1.82) is 0 Å². The van der Waals surface area contributed by atoms with Crippen LogP contribution < -0.4 is 20.6 Å². The molecule has 0 unspecified atom stereocenters. The number of rotatable bonds is 4. The molecule has 0 bridgehead atoms. The number of nitrogens with one attached hydrogen (secondary N) is 1. The van der Waals surface area contributed by atoms with E-state index in [0.29, 0.717) is 22.9 Å². The quantitative estimate of drug-likeness (QED) is 0.491. The Morgan fingerprint density at radius 1 is 1.30 bits per heavy atom. The minimum Gasteiger partial charge on any atom is -0.454 e. The van der Waals surface area contributed by atoms with Crippen molar-refractivity contribution in [3.63, 3.8) is 0 Å². The van der Waals surface area contributed by atoms with Crippen LogP contribution in [0.25, 0.3) is 5.82 Å². The molecule has 138 valence electrons. The standard InChI is InChI=1S/C15H14N8O4/c1-7(9-3-4-10-11(5-9)26-6-25-10)17-19-15(24)12-8(2)23(22-18-12)14-13(16)20-27-21-14/h3-5H,6H2,1-2H3,(H2,16,20)(H,19,24). The Hall–Kier alpha value is -3.96. The van der Waals surface area contributed by atoms with Crippen LogP contribution in [0.2, 0.25) is 0 Å². The molecule has 3 aromatic rings. The first-order chi connectivity index (χ1) is 13.0. The summed E-state index contributed by atoms with van der Waals surface area (Å²) < 4.78 is 16.4. The number of ether oxygens (including phenoxy) is 2. The fourth-order valence-corrected chi connectivity index (χ4v) is 2.45. The Labute approximate surface area is 151 Å². The lowest BCUT2D eigenvalue weighted by atomic mass is 10.1. The van der Waals surface area contributed by atoms with E-state index in [4.69, 9.17) is 15.2 Å². The predicted octanol–water partition coefficient (Wildman–Crippen LogP) is 0.424. The molecule has 1 amide bonds. The van der Waals surface area contributed by atoms with Crippen LogP contribution in [0.1, 0.15) is 28.7 Å². The van der Waals surface area contributed by atoms with Gasteiger partial charge in [-0.25, -0.2) is 10.1 Å². The first-order valence-corrected chi connectivity index (χ1v) is 7.80. The number of carbonyl (C=O) groups is 1. The Morgan fingerprint density at radius 2 is 2.11 bits per heavy atom. The molecule has 1 aromatic carbocycles. The smallest absolute Gasteiger partial charge is 0.293 e. The molecule has 0 aliphatic carbocycles. The fourth-order valence-electron chi connectivity index (χ4n) is 2.45. The number of amides is 1. The molecule has 12 heteroatoms. The van der Waals surface area contributed by atoms with Crippen molar-refractivity contribution in [3.8, 4) is 17.3 Å². The molecular formula is C15H14N8O4. The highest BCUT2D eigenvalue weighted by molar-refractivity contribution is 6.01. The van der Waals surface area contributed by atoms with Crippen LogP contribution in [0.3, 0.4) is 0 Å². The van der Waals surface area contributed by atoms with Gasteiger partial charge in [-0.3, -0.25) is 4.79 Å². The Kier molecular flexibility index (Phi) is 3.91. The lowest BCUT2D eigenvalue weighted by Gasteiger charge is -2.04. The van der Waals surface area contributed by atoms with E-state index < -0.39 is 5.91 Å². The van der Waals surface area contributed by atoms with Crippen molar-refractivity contribution in [1.82, 2.24) is 30.7 Å². The molecule has 3 N–H and O–H groups in total. The average molecular weight is 370 g/mol. The molecule has 0 spiro atoms. The summed E-state index contributed by atoms with van der Waals surface area (Å²) in [6.45, 7) is 3.58. The highest BCUT2D eigenvalue weighted by Gasteiger charge is 2.21. The van der Waals surface area contributed by atoms with E-state index in [0.717, 1.165) is 5.56 Å². The van der Waals surface area contributed by atoms with Crippen molar-refractivity contribution in [3.05, 3.63) is 35.2 Å². The number of hydrogen-bond acceptors (Lipinski definition) is 10. The molecule has 12 nitrogen and oxygen atoms in total. The summed E-state index contributed by atoms with van der Waals surface area (Å²) in [6, 6.07) is 5.39. The summed E-state index contributed by atoms with van der Waals surface area (Å²) in [7, 11) is 0. The minimum atomic E-state index is -0.533. The molecule has 0 saturated heterocycles. The maximum absolute atomic E-state index is 12.4. The molecule has 27 heavy (non-hydrogen) atoms. The van der Waals surface area contributed by atoms with Gasteiger partial charge in [0.1, 0.15) is 0 Å². The predicted molar refractivity (Wildman–Crippen MR) is 90.6 cm³/mol. The second-order valence-corrected chi connectivity index (χ2v) is 5.61. The Balaban J connectivity index is 1.52. The summed E-state index contributed by atoms with van der Waals surface area (Å²) >= 11 is 0. The van der Waals surface area contributed by atoms with Gasteiger partial charge in [0, 0.05) is 5.56 Å². The van der Waals surface area contributed by atoms with Crippen molar-refractivity contribution < 1.29 is 18.9 Å². The number of hydrogen-bond donors (Lipinski definition) is 2. The highest BCUT2D eigenvalue weighted by Crippen LogP contribution is 2.32. The number of benzene rings is 1. The fraction of sp³-hybridized carbons (Fsp3) is 0.200. The number of hydrazone groups is 1. The molecule has 4 rings (SSSR count). The van der Waals surface area contributed by atoms with Gasteiger partial charge in [-0.05, 0) is 42.4 Å². The van der Waals surface area contributed by atoms with Crippen LogP contribution in [-0.4, -0.2) is 43.7 Å². The number of aromatic nitrogens is 5. The zero-order valence-corrected chi connectivity index (χ0v) is 14.3. The van der Waals surface area contributed by atoms with Crippen molar-refractivity contribution in [2.45, 2.75) is 13.8 Å². The average Bonchev–Trinajstić information content (AvgIpc) is 3.38. The van der Waals surface area contributed by atoms with E-state index in [1.807, 2.05) is 6.07 Å². The Morgan fingerprint density at radius 3 is 2.89 bits per heavy atom. The van der Waals surface area contributed by atoms with E-state index in [1.165, 1.54) is 4.68 Å². The summed E-state index contributed by atoms with van der Waals surface area (Å²) in [5, 5.41) is 18.9.